The van der Waals surface area contributed by atoms with Gasteiger partial charge < -0.3 is 0 Å². The van der Waals surface area contributed by atoms with E-state index in [4.69, 9.17) is 0 Å². The van der Waals surface area contributed by atoms with Gasteiger partial charge in [0.25, 0.3) is 0 Å². The second-order valence-corrected chi connectivity index (χ2v) is 6.54. The number of rotatable bonds is 3. The first-order valence-corrected chi connectivity index (χ1v) is 7.79. The molecule has 0 radical (unpaired) electrons. The summed E-state index contributed by atoms with van der Waals surface area (Å²) >= 11 is 2.88. The SMILES string of the molecule is N#CC(=Cc1ccc(F)cc1)Sc1nc2ccccc2s1. The number of nitrogens with zero attached hydrogens (tertiary/aromatic N) is 2. The zero-order valence-corrected chi connectivity index (χ0v) is 12.4. The Morgan fingerprint density at radius 1 is 1.19 bits per heavy atom. The number of para-hydroxylation sites is 1. The van der Waals surface area contributed by atoms with E-state index >= 15 is 0 Å². The van der Waals surface area contributed by atoms with E-state index in [1.807, 2.05) is 24.3 Å². The molecule has 0 saturated heterocycles. The van der Waals surface area contributed by atoms with Gasteiger partial charge in [-0.2, -0.15) is 5.26 Å². The second kappa shape index (κ2) is 6.08. The summed E-state index contributed by atoms with van der Waals surface area (Å²) in [6.45, 7) is 0. The fraction of sp³-hybridized carbons (Fsp3) is 0. The second-order valence-electron chi connectivity index (χ2n) is 4.22. The highest BCUT2D eigenvalue weighted by atomic mass is 32.2. The molecular formula is C16H9FN2S2. The molecule has 0 spiro atoms. The number of fused-ring (bicyclic) bond motifs is 1. The van der Waals surface area contributed by atoms with Gasteiger partial charge in [-0.3, -0.25) is 0 Å². The van der Waals surface area contributed by atoms with Crippen LogP contribution in [-0.2, 0) is 0 Å². The Morgan fingerprint density at radius 2 is 1.95 bits per heavy atom. The number of allylic oxidation sites excluding steroid dienone is 1. The highest BCUT2D eigenvalue weighted by Gasteiger charge is 2.07. The summed E-state index contributed by atoms with van der Waals surface area (Å²) in [6, 6.07) is 16.1. The molecule has 0 aliphatic heterocycles. The van der Waals surface area contributed by atoms with Crippen LogP contribution in [0, 0.1) is 17.1 Å². The van der Waals surface area contributed by atoms with Crippen LogP contribution in [0.15, 0.2) is 57.8 Å². The molecule has 0 aliphatic rings. The van der Waals surface area contributed by atoms with E-state index in [1.165, 1.54) is 23.9 Å². The highest BCUT2D eigenvalue weighted by Crippen LogP contribution is 2.34. The van der Waals surface area contributed by atoms with E-state index in [9.17, 15) is 9.65 Å². The number of hydrogen-bond donors (Lipinski definition) is 0. The molecule has 102 valence electrons. The van der Waals surface area contributed by atoms with Crippen molar-refractivity contribution < 1.29 is 4.39 Å². The number of halogens is 1. The van der Waals surface area contributed by atoms with Gasteiger partial charge in [0.1, 0.15) is 11.9 Å². The van der Waals surface area contributed by atoms with Crippen molar-refractivity contribution in [1.82, 2.24) is 4.98 Å². The predicted molar refractivity (Wildman–Crippen MR) is 85.5 cm³/mol. The predicted octanol–water partition coefficient (Wildman–Crippen LogP) is 5.09. The van der Waals surface area contributed by atoms with Gasteiger partial charge in [-0.1, -0.05) is 24.3 Å². The molecule has 3 rings (SSSR count). The molecule has 0 bridgehead atoms. The minimum Gasteiger partial charge on any atom is -0.229 e. The quantitative estimate of drug-likeness (QED) is 0.499. The van der Waals surface area contributed by atoms with Crippen LogP contribution in [0.1, 0.15) is 5.56 Å². The van der Waals surface area contributed by atoms with Gasteiger partial charge in [0.05, 0.1) is 15.1 Å². The number of aromatic nitrogens is 1. The molecule has 21 heavy (non-hydrogen) atoms. The van der Waals surface area contributed by atoms with Crippen LogP contribution < -0.4 is 0 Å². The largest absolute Gasteiger partial charge is 0.229 e. The molecule has 5 heteroatoms. The third kappa shape index (κ3) is 3.30. The monoisotopic (exact) mass is 312 g/mol. The standard InChI is InChI=1S/C16H9FN2S2/c17-12-7-5-11(6-8-12)9-13(10-18)20-16-19-14-3-1-2-4-15(14)21-16/h1-9H. The minimum atomic E-state index is -0.288. The maximum Gasteiger partial charge on any atom is 0.156 e. The summed E-state index contributed by atoms with van der Waals surface area (Å²) in [5, 5.41) is 9.24. The number of thioether (sulfide) groups is 1. The van der Waals surface area contributed by atoms with Gasteiger partial charge in [0.15, 0.2) is 4.34 Å². The van der Waals surface area contributed by atoms with Crippen molar-refractivity contribution in [2.75, 3.05) is 0 Å². The van der Waals surface area contributed by atoms with Crippen LogP contribution >= 0.6 is 23.1 Å². The fourth-order valence-electron chi connectivity index (χ4n) is 1.78. The van der Waals surface area contributed by atoms with Gasteiger partial charge >= 0.3 is 0 Å². The summed E-state index contributed by atoms with van der Waals surface area (Å²) in [4.78, 5) is 5.01. The average molecular weight is 312 g/mol. The first-order valence-electron chi connectivity index (χ1n) is 6.15. The van der Waals surface area contributed by atoms with Crippen molar-refractivity contribution in [1.29, 1.82) is 5.26 Å². The van der Waals surface area contributed by atoms with Crippen molar-refractivity contribution in [2.24, 2.45) is 0 Å². The topological polar surface area (TPSA) is 36.7 Å². The molecule has 0 saturated carbocycles. The molecule has 0 unspecified atom stereocenters. The van der Waals surface area contributed by atoms with Crippen molar-refractivity contribution in [3.05, 3.63) is 64.8 Å². The maximum absolute atomic E-state index is 12.9. The van der Waals surface area contributed by atoms with Gasteiger partial charge in [0, 0.05) is 0 Å². The van der Waals surface area contributed by atoms with Gasteiger partial charge in [-0.15, -0.1) is 11.3 Å². The molecule has 2 aromatic carbocycles. The normalized spacial score (nSPS) is 11.5. The van der Waals surface area contributed by atoms with Crippen molar-refractivity contribution in [3.8, 4) is 6.07 Å². The van der Waals surface area contributed by atoms with Crippen LogP contribution in [0.4, 0.5) is 4.39 Å². The van der Waals surface area contributed by atoms with E-state index in [0.29, 0.717) is 4.91 Å². The summed E-state index contributed by atoms with van der Waals surface area (Å²) in [5.41, 5.74) is 1.73. The van der Waals surface area contributed by atoms with Crippen LogP contribution in [-0.4, -0.2) is 4.98 Å². The van der Waals surface area contributed by atoms with Gasteiger partial charge in [0.2, 0.25) is 0 Å². The summed E-state index contributed by atoms with van der Waals surface area (Å²) in [7, 11) is 0. The lowest BCUT2D eigenvalue weighted by Gasteiger charge is -1.96. The van der Waals surface area contributed by atoms with Crippen molar-refractivity contribution in [2.45, 2.75) is 4.34 Å². The lowest BCUT2D eigenvalue weighted by atomic mass is 10.2. The summed E-state index contributed by atoms with van der Waals surface area (Å²) < 4.78 is 14.8. The molecule has 1 heterocycles. The third-order valence-electron chi connectivity index (χ3n) is 2.75. The van der Waals surface area contributed by atoms with E-state index < -0.39 is 0 Å². The first-order chi connectivity index (χ1) is 10.2. The summed E-state index contributed by atoms with van der Waals surface area (Å²) in [6.07, 6.45) is 1.73. The lowest BCUT2D eigenvalue weighted by molar-refractivity contribution is 0.628. The Labute approximate surface area is 129 Å². The molecule has 0 amide bonds. The average Bonchev–Trinajstić information content (AvgIpc) is 2.91. The van der Waals surface area contributed by atoms with Gasteiger partial charge in [-0.05, 0) is 47.7 Å². The first kappa shape index (κ1) is 13.8. The van der Waals surface area contributed by atoms with Crippen molar-refractivity contribution in [3.63, 3.8) is 0 Å². The van der Waals surface area contributed by atoms with Gasteiger partial charge in [-0.25, -0.2) is 9.37 Å². The minimum absolute atomic E-state index is 0.288. The number of nitriles is 1. The van der Waals surface area contributed by atoms with Crippen LogP contribution in [0.25, 0.3) is 16.3 Å². The number of hydrogen-bond acceptors (Lipinski definition) is 4. The third-order valence-corrected chi connectivity index (χ3v) is 4.78. The maximum atomic E-state index is 12.9. The van der Waals surface area contributed by atoms with Crippen LogP contribution in [0.3, 0.4) is 0 Å². The smallest absolute Gasteiger partial charge is 0.156 e. The highest BCUT2D eigenvalue weighted by molar-refractivity contribution is 8.05. The van der Waals surface area contributed by atoms with E-state index in [1.54, 1.807) is 29.5 Å². The molecule has 0 atom stereocenters. The molecule has 0 fully saturated rings. The Morgan fingerprint density at radius 3 is 2.67 bits per heavy atom. The Hall–Kier alpha value is -2.16. The van der Waals surface area contributed by atoms with E-state index in [0.717, 1.165) is 20.1 Å². The lowest BCUT2D eigenvalue weighted by Crippen LogP contribution is -1.77. The Bertz CT molecular complexity index is 812. The van der Waals surface area contributed by atoms with E-state index in [2.05, 4.69) is 11.1 Å². The Balaban J connectivity index is 1.87. The summed E-state index contributed by atoms with van der Waals surface area (Å²) in [5.74, 6) is -0.288. The van der Waals surface area contributed by atoms with E-state index in [-0.39, 0.29) is 5.82 Å². The molecule has 3 aromatic rings. The fourth-order valence-corrected chi connectivity index (χ4v) is 3.76. The molecule has 0 aliphatic carbocycles. The molecule has 2 nitrogen and oxygen atoms in total. The number of benzene rings is 2. The van der Waals surface area contributed by atoms with Crippen LogP contribution in [0.5, 0.6) is 0 Å². The molecular weight excluding hydrogens is 303 g/mol. The zero-order valence-electron chi connectivity index (χ0n) is 10.8. The number of thiazole rings is 1. The van der Waals surface area contributed by atoms with Crippen LogP contribution in [0.2, 0.25) is 0 Å². The molecule has 1 aromatic heterocycles. The Kier molecular flexibility index (Phi) is 4.00. The zero-order chi connectivity index (χ0) is 14.7. The van der Waals surface area contributed by atoms with Crippen molar-refractivity contribution >= 4 is 39.4 Å². The molecule has 0 N–H and O–H groups in total.